The van der Waals surface area contributed by atoms with Crippen LogP contribution in [0.5, 0.6) is 23.1 Å². The molecule has 172 valence electrons. The van der Waals surface area contributed by atoms with Crippen molar-refractivity contribution in [2.24, 2.45) is 0 Å². The zero-order valence-electron chi connectivity index (χ0n) is 19.2. The molecule has 0 spiro atoms. The molecule has 0 N–H and O–H groups in total. The lowest BCUT2D eigenvalue weighted by Gasteiger charge is -2.32. The molecule has 9 heteroatoms. The Labute approximate surface area is 188 Å². The minimum Gasteiger partial charge on any atom is -0.493 e. The summed E-state index contributed by atoms with van der Waals surface area (Å²) in [4.78, 5) is 25.1. The van der Waals surface area contributed by atoms with Crippen LogP contribution in [0.1, 0.15) is 18.4 Å². The molecule has 32 heavy (non-hydrogen) atoms. The highest BCUT2D eigenvalue weighted by Gasteiger charge is 2.25. The Hall–Kier alpha value is -3.49. The van der Waals surface area contributed by atoms with Gasteiger partial charge in [-0.15, -0.1) is 0 Å². The number of carbonyl (C=O) groups excluding carboxylic acids is 1. The zero-order valence-corrected chi connectivity index (χ0v) is 19.2. The molecule has 1 unspecified atom stereocenters. The normalized spacial score (nSPS) is 16.0. The second-order valence-corrected chi connectivity index (χ2v) is 7.54. The number of hydrogen-bond acceptors (Lipinski definition) is 8. The fraction of sp³-hybridized carbons (Fsp3) is 0.435. The number of rotatable bonds is 8. The first-order valence-corrected chi connectivity index (χ1v) is 10.4. The van der Waals surface area contributed by atoms with Crippen LogP contribution in [0.4, 0.5) is 5.82 Å². The van der Waals surface area contributed by atoms with Gasteiger partial charge in [0.1, 0.15) is 6.10 Å². The minimum absolute atomic E-state index is 0.0842. The van der Waals surface area contributed by atoms with Gasteiger partial charge < -0.3 is 28.7 Å². The summed E-state index contributed by atoms with van der Waals surface area (Å²) in [7, 11) is 8.45. The molecular weight excluding hydrogens is 412 g/mol. The number of methoxy groups -OCH3 is 3. The number of benzene rings is 1. The van der Waals surface area contributed by atoms with Crippen LogP contribution in [-0.4, -0.2) is 75.4 Å². The van der Waals surface area contributed by atoms with E-state index in [9.17, 15) is 4.79 Å². The van der Waals surface area contributed by atoms with Crippen molar-refractivity contribution in [1.29, 1.82) is 0 Å². The molecule has 0 saturated carbocycles. The van der Waals surface area contributed by atoms with Gasteiger partial charge in [0, 0.05) is 39.1 Å². The molecule has 2 aromatic rings. The quantitative estimate of drug-likeness (QED) is 0.577. The van der Waals surface area contributed by atoms with Gasteiger partial charge in [0.2, 0.25) is 11.7 Å². The molecule has 2 heterocycles. The molecule has 1 fully saturated rings. The maximum atomic E-state index is 12.8. The molecule has 0 radical (unpaired) electrons. The van der Waals surface area contributed by atoms with Crippen LogP contribution in [0.3, 0.4) is 0 Å². The fourth-order valence-corrected chi connectivity index (χ4v) is 3.57. The van der Waals surface area contributed by atoms with E-state index in [2.05, 4.69) is 9.97 Å². The number of piperidine rings is 1. The van der Waals surface area contributed by atoms with Gasteiger partial charge in [-0.3, -0.25) is 4.79 Å². The highest BCUT2D eigenvalue weighted by atomic mass is 16.5. The summed E-state index contributed by atoms with van der Waals surface area (Å²) < 4.78 is 22.2. The lowest BCUT2D eigenvalue weighted by Crippen LogP contribution is -2.44. The molecule has 9 nitrogen and oxygen atoms in total. The highest BCUT2D eigenvalue weighted by Crippen LogP contribution is 2.38. The van der Waals surface area contributed by atoms with Gasteiger partial charge in [-0.25, -0.2) is 9.97 Å². The van der Waals surface area contributed by atoms with Crippen molar-refractivity contribution in [1.82, 2.24) is 14.9 Å². The summed E-state index contributed by atoms with van der Waals surface area (Å²) in [6.07, 6.45) is 8.09. The second kappa shape index (κ2) is 10.7. The summed E-state index contributed by atoms with van der Waals surface area (Å²) >= 11 is 0. The van der Waals surface area contributed by atoms with E-state index >= 15 is 0 Å². The standard InChI is InChI=1S/C23H30N4O5/c1-26(2)22-23(25-11-10-24-22)32-17-7-6-12-27(15-17)20(28)9-8-16-13-18(29-3)21(31-5)19(14-16)30-4/h8-11,13-14,17H,6-7,12,15H2,1-5H3/b9-8+. The van der Waals surface area contributed by atoms with Gasteiger partial charge in [-0.1, -0.05) is 0 Å². The van der Waals surface area contributed by atoms with Crippen LogP contribution in [0, 0.1) is 0 Å². The molecule has 1 aliphatic heterocycles. The van der Waals surface area contributed by atoms with Crippen molar-refractivity contribution in [3.63, 3.8) is 0 Å². The van der Waals surface area contributed by atoms with Gasteiger partial charge in [0.25, 0.3) is 5.88 Å². The number of amides is 1. The average molecular weight is 443 g/mol. The lowest BCUT2D eigenvalue weighted by molar-refractivity contribution is -0.128. The van der Waals surface area contributed by atoms with Gasteiger partial charge in [-0.05, 0) is 36.6 Å². The average Bonchev–Trinajstić information content (AvgIpc) is 2.82. The number of hydrogen-bond donors (Lipinski definition) is 0. The van der Waals surface area contributed by atoms with Crippen LogP contribution in [0.2, 0.25) is 0 Å². The van der Waals surface area contributed by atoms with Crippen molar-refractivity contribution < 1.29 is 23.7 Å². The highest BCUT2D eigenvalue weighted by molar-refractivity contribution is 5.92. The fourth-order valence-electron chi connectivity index (χ4n) is 3.57. The van der Waals surface area contributed by atoms with E-state index in [1.165, 1.54) is 0 Å². The van der Waals surface area contributed by atoms with Crippen molar-refractivity contribution in [2.75, 3.05) is 53.4 Å². The van der Waals surface area contributed by atoms with Crippen molar-refractivity contribution in [3.05, 3.63) is 36.2 Å². The maximum Gasteiger partial charge on any atom is 0.257 e. The van der Waals surface area contributed by atoms with Gasteiger partial charge in [0.05, 0.1) is 27.9 Å². The van der Waals surface area contributed by atoms with E-state index in [-0.39, 0.29) is 12.0 Å². The molecule has 0 bridgehead atoms. The van der Waals surface area contributed by atoms with Crippen LogP contribution in [0.15, 0.2) is 30.6 Å². The van der Waals surface area contributed by atoms with Crippen LogP contribution >= 0.6 is 0 Å². The predicted octanol–water partition coefficient (Wildman–Crippen LogP) is 2.65. The largest absolute Gasteiger partial charge is 0.493 e. The number of nitrogens with zero attached hydrogens (tertiary/aromatic N) is 4. The first kappa shape index (κ1) is 23.2. The Morgan fingerprint density at radius 2 is 1.78 bits per heavy atom. The number of carbonyl (C=O) groups is 1. The third-order valence-electron chi connectivity index (χ3n) is 5.14. The van der Waals surface area contributed by atoms with Gasteiger partial charge in [0.15, 0.2) is 17.3 Å². The Bertz CT molecular complexity index is 938. The second-order valence-electron chi connectivity index (χ2n) is 7.54. The third-order valence-corrected chi connectivity index (χ3v) is 5.14. The van der Waals surface area contributed by atoms with E-state index in [1.54, 1.807) is 62.9 Å². The minimum atomic E-state index is -0.141. The molecule has 1 atom stereocenters. The number of ether oxygens (including phenoxy) is 4. The third kappa shape index (κ3) is 5.40. The summed E-state index contributed by atoms with van der Waals surface area (Å²) in [6.45, 7) is 1.17. The molecular formula is C23H30N4O5. The van der Waals surface area contributed by atoms with Gasteiger partial charge in [-0.2, -0.15) is 0 Å². The first-order chi connectivity index (χ1) is 15.5. The van der Waals surface area contributed by atoms with Crippen molar-refractivity contribution in [2.45, 2.75) is 18.9 Å². The summed E-state index contributed by atoms with van der Waals surface area (Å²) in [6, 6.07) is 3.59. The summed E-state index contributed by atoms with van der Waals surface area (Å²) in [5.41, 5.74) is 0.771. The molecule has 1 aliphatic rings. The topological polar surface area (TPSA) is 86.2 Å². The number of likely N-dealkylation sites (tertiary alicyclic amines) is 1. The lowest BCUT2D eigenvalue weighted by atomic mass is 10.1. The smallest absolute Gasteiger partial charge is 0.257 e. The molecule has 1 saturated heterocycles. The summed E-state index contributed by atoms with van der Waals surface area (Å²) in [5.74, 6) is 2.63. The van der Waals surface area contributed by atoms with Crippen molar-refractivity contribution >= 4 is 17.8 Å². The number of anilines is 1. The van der Waals surface area contributed by atoms with Crippen LogP contribution in [0.25, 0.3) is 6.08 Å². The van der Waals surface area contributed by atoms with E-state index in [4.69, 9.17) is 18.9 Å². The first-order valence-electron chi connectivity index (χ1n) is 10.4. The van der Waals surface area contributed by atoms with E-state index in [0.29, 0.717) is 42.0 Å². The monoisotopic (exact) mass is 442 g/mol. The SMILES string of the molecule is COc1cc(/C=C/C(=O)N2CCCC(Oc3nccnc3N(C)C)C2)cc(OC)c1OC. The molecule has 1 amide bonds. The van der Waals surface area contributed by atoms with Gasteiger partial charge >= 0.3 is 0 Å². The zero-order chi connectivity index (χ0) is 23.1. The van der Waals surface area contributed by atoms with Crippen LogP contribution < -0.4 is 23.8 Å². The molecule has 1 aromatic heterocycles. The number of aromatic nitrogens is 2. The Morgan fingerprint density at radius 3 is 2.41 bits per heavy atom. The van der Waals surface area contributed by atoms with E-state index < -0.39 is 0 Å². The molecule has 1 aromatic carbocycles. The van der Waals surface area contributed by atoms with E-state index in [0.717, 1.165) is 18.4 Å². The maximum absolute atomic E-state index is 12.8. The molecule has 3 rings (SSSR count). The Kier molecular flexibility index (Phi) is 7.75. The van der Waals surface area contributed by atoms with Crippen LogP contribution in [-0.2, 0) is 4.79 Å². The Balaban J connectivity index is 1.69. The Morgan fingerprint density at radius 1 is 1.09 bits per heavy atom. The van der Waals surface area contributed by atoms with Crippen molar-refractivity contribution in [3.8, 4) is 23.1 Å². The predicted molar refractivity (Wildman–Crippen MR) is 122 cm³/mol. The molecule has 0 aliphatic carbocycles. The van der Waals surface area contributed by atoms with E-state index in [1.807, 2.05) is 19.0 Å². The summed E-state index contributed by atoms with van der Waals surface area (Å²) in [5, 5.41) is 0.